The highest BCUT2D eigenvalue weighted by molar-refractivity contribution is 5.46. The second-order valence-corrected chi connectivity index (χ2v) is 3.29. The fourth-order valence-electron chi connectivity index (χ4n) is 1.47. The lowest BCUT2D eigenvalue weighted by atomic mass is 10.4. The van der Waals surface area contributed by atoms with Gasteiger partial charge in [0.15, 0.2) is 11.6 Å². The fraction of sp³-hybridized carbons (Fsp3) is 0.500. The van der Waals surface area contributed by atoms with Crippen molar-refractivity contribution in [2.24, 2.45) is 0 Å². The van der Waals surface area contributed by atoms with Crippen LogP contribution in [0.15, 0.2) is 6.07 Å². The molecule has 1 aromatic rings. The summed E-state index contributed by atoms with van der Waals surface area (Å²) in [6.07, 6.45) is 0. The van der Waals surface area contributed by atoms with Crippen molar-refractivity contribution in [3.05, 3.63) is 11.3 Å². The summed E-state index contributed by atoms with van der Waals surface area (Å²) in [5.74, 6) is 0.556. The monoisotopic (exact) mass is 211 g/mol. The molecule has 1 fully saturated rings. The molecule has 1 aromatic heterocycles. The molecule has 0 saturated carbocycles. The molecular weight excluding hydrogens is 198 g/mol. The second kappa shape index (κ2) is 3.77. The number of nitrogens with two attached hydrogens (primary N) is 2. The molecule has 0 aromatic carbocycles. The summed E-state index contributed by atoms with van der Waals surface area (Å²) in [4.78, 5) is 5.96. The van der Waals surface area contributed by atoms with E-state index in [0.717, 1.165) is 13.1 Å². The predicted molar refractivity (Wildman–Crippen MR) is 55.1 cm³/mol. The standard InChI is InChI=1S/C8H13N5O2/c9-6-5-7(11-8(10)13(6)14)12-1-3-15-4-2-12/h5H,1-4,9H2,(H2,10,11). The molecule has 7 heteroatoms. The topological polar surface area (TPSA) is 104 Å². The van der Waals surface area contributed by atoms with E-state index >= 15 is 0 Å². The van der Waals surface area contributed by atoms with E-state index in [1.165, 1.54) is 6.07 Å². The van der Waals surface area contributed by atoms with Crippen molar-refractivity contribution in [1.29, 1.82) is 0 Å². The molecular formula is C8H13N5O2. The summed E-state index contributed by atoms with van der Waals surface area (Å²) in [6, 6.07) is 1.52. The smallest absolute Gasteiger partial charge is 0.346 e. The van der Waals surface area contributed by atoms with Gasteiger partial charge in [-0.3, -0.25) is 0 Å². The minimum absolute atomic E-state index is 0.0593. The summed E-state index contributed by atoms with van der Waals surface area (Å²) in [6.45, 7) is 2.75. The Morgan fingerprint density at radius 3 is 2.67 bits per heavy atom. The predicted octanol–water partition coefficient (Wildman–Crippen LogP) is -1.28. The third-order valence-electron chi connectivity index (χ3n) is 2.28. The van der Waals surface area contributed by atoms with Crippen LogP contribution in [0.1, 0.15) is 0 Å². The van der Waals surface area contributed by atoms with Crippen molar-refractivity contribution in [3.63, 3.8) is 0 Å². The molecule has 1 aliphatic rings. The summed E-state index contributed by atoms with van der Waals surface area (Å²) in [5.41, 5.74) is 10.9. The van der Waals surface area contributed by atoms with Gasteiger partial charge >= 0.3 is 5.95 Å². The Kier molecular flexibility index (Phi) is 2.46. The molecule has 0 aliphatic carbocycles. The molecule has 0 unspecified atom stereocenters. The van der Waals surface area contributed by atoms with Crippen LogP contribution >= 0.6 is 0 Å². The van der Waals surface area contributed by atoms with Gasteiger partial charge in [0.2, 0.25) is 0 Å². The SMILES string of the molecule is Nc1cc(N2CCOCC2)nc(N)[n+]1[O-]. The van der Waals surface area contributed by atoms with Gasteiger partial charge in [-0.15, -0.1) is 0 Å². The maximum absolute atomic E-state index is 11.2. The molecule has 0 spiro atoms. The van der Waals surface area contributed by atoms with Gasteiger partial charge in [0, 0.05) is 13.1 Å². The van der Waals surface area contributed by atoms with Crippen LogP contribution < -0.4 is 21.1 Å². The van der Waals surface area contributed by atoms with Crippen LogP contribution in [0.3, 0.4) is 0 Å². The van der Waals surface area contributed by atoms with E-state index in [-0.39, 0.29) is 11.8 Å². The van der Waals surface area contributed by atoms with Crippen molar-refractivity contribution >= 4 is 17.6 Å². The Morgan fingerprint density at radius 2 is 2.07 bits per heavy atom. The third-order valence-corrected chi connectivity index (χ3v) is 2.28. The minimum atomic E-state index is -0.128. The molecule has 0 bridgehead atoms. The molecule has 4 N–H and O–H groups in total. The average Bonchev–Trinajstić information content (AvgIpc) is 2.26. The number of rotatable bonds is 1. The number of morpholine rings is 1. The normalized spacial score (nSPS) is 16.7. The van der Waals surface area contributed by atoms with E-state index in [9.17, 15) is 5.21 Å². The van der Waals surface area contributed by atoms with Crippen LogP contribution in [0.2, 0.25) is 0 Å². The Morgan fingerprint density at radius 1 is 1.40 bits per heavy atom. The number of aromatic nitrogens is 2. The summed E-state index contributed by atoms with van der Waals surface area (Å²) < 4.78 is 5.61. The van der Waals surface area contributed by atoms with E-state index in [1.54, 1.807) is 0 Å². The summed E-state index contributed by atoms with van der Waals surface area (Å²) >= 11 is 0. The Labute approximate surface area is 86.8 Å². The number of hydrogen-bond donors (Lipinski definition) is 2. The van der Waals surface area contributed by atoms with Crippen molar-refractivity contribution in [3.8, 4) is 0 Å². The third kappa shape index (κ3) is 1.86. The molecule has 15 heavy (non-hydrogen) atoms. The quantitative estimate of drug-likeness (QED) is 0.442. The van der Waals surface area contributed by atoms with Crippen molar-refractivity contribution in [2.45, 2.75) is 0 Å². The summed E-state index contributed by atoms with van der Waals surface area (Å²) in [7, 11) is 0. The first-order chi connectivity index (χ1) is 7.18. The van der Waals surface area contributed by atoms with Crippen LogP contribution in [0, 0.1) is 5.21 Å². The summed E-state index contributed by atoms with van der Waals surface area (Å²) in [5, 5.41) is 11.2. The van der Waals surface area contributed by atoms with Crippen molar-refractivity contribution < 1.29 is 9.47 Å². The number of anilines is 3. The maximum Gasteiger partial charge on any atom is 0.346 e. The van der Waals surface area contributed by atoms with Gasteiger partial charge < -0.3 is 26.3 Å². The van der Waals surface area contributed by atoms with Gasteiger partial charge in [-0.25, -0.2) is 4.73 Å². The Hall–Kier alpha value is -1.76. The van der Waals surface area contributed by atoms with Crippen LogP contribution in [-0.2, 0) is 4.74 Å². The average molecular weight is 211 g/mol. The van der Waals surface area contributed by atoms with Gasteiger partial charge in [0.1, 0.15) is 0 Å². The fourth-order valence-corrected chi connectivity index (χ4v) is 1.47. The van der Waals surface area contributed by atoms with Gasteiger partial charge in [-0.1, -0.05) is 4.98 Å². The molecule has 82 valence electrons. The molecule has 0 radical (unpaired) electrons. The molecule has 2 rings (SSSR count). The lowest BCUT2D eigenvalue weighted by Crippen LogP contribution is -2.40. The molecule has 1 aliphatic heterocycles. The molecule has 1 saturated heterocycles. The highest BCUT2D eigenvalue weighted by atomic mass is 16.5. The number of ether oxygens (including phenoxy) is 1. The van der Waals surface area contributed by atoms with E-state index in [0.29, 0.717) is 23.8 Å². The number of nitrogens with zero attached hydrogens (tertiary/aromatic N) is 3. The lowest BCUT2D eigenvalue weighted by Gasteiger charge is -2.27. The van der Waals surface area contributed by atoms with Crippen LogP contribution in [-0.4, -0.2) is 31.3 Å². The van der Waals surface area contributed by atoms with E-state index in [2.05, 4.69) is 4.98 Å². The second-order valence-electron chi connectivity index (χ2n) is 3.29. The number of hydrogen-bond acceptors (Lipinski definition) is 6. The Bertz CT molecular complexity index is 341. The van der Waals surface area contributed by atoms with E-state index in [1.807, 2.05) is 4.90 Å². The highest BCUT2D eigenvalue weighted by Gasteiger charge is 2.17. The first kappa shape index (κ1) is 9.78. The van der Waals surface area contributed by atoms with Gasteiger partial charge in [-0.05, 0) is 0 Å². The Balaban J connectivity index is 2.27. The zero-order valence-electron chi connectivity index (χ0n) is 8.22. The van der Waals surface area contributed by atoms with Crippen LogP contribution in [0.5, 0.6) is 0 Å². The highest BCUT2D eigenvalue weighted by Crippen LogP contribution is 2.14. The lowest BCUT2D eigenvalue weighted by molar-refractivity contribution is -0.576. The maximum atomic E-state index is 11.2. The first-order valence-corrected chi connectivity index (χ1v) is 4.67. The van der Waals surface area contributed by atoms with Crippen molar-refractivity contribution in [2.75, 3.05) is 42.7 Å². The van der Waals surface area contributed by atoms with Crippen LogP contribution in [0.25, 0.3) is 0 Å². The van der Waals surface area contributed by atoms with Gasteiger partial charge in [0.05, 0.1) is 19.3 Å². The van der Waals surface area contributed by atoms with Gasteiger partial charge in [-0.2, -0.15) is 0 Å². The molecule has 2 heterocycles. The van der Waals surface area contributed by atoms with Gasteiger partial charge in [0.25, 0.3) is 0 Å². The minimum Gasteiger partial charge on any atom is -0.754 e. The zero-order chi connectivity index (χ0) is 10.8. The molecule has 0 amide bonds. The first-order valence-electron chi connectivity index (χ1n) is 4.67. The largest absolute Gasteiger partial charge is 0.754 e. The van der Waals surface area contributed by atoms with Crippen molar-refractivity contribution in [1.82, 2.24) is 4.98 Å². The van der Waals surface area contributed by atoms with E-state index in [4.69, 9.17) is 16.2 Å². The van der Waals surface area contributed by atoms with E-state index < -0.39 is 0 Å². The molecule has 0 atom stereocenters. The van der Waals surface area contributed by atoms with Crippen LogP contribution in [0.4, 0.5) is 17.6 Å². The zero-order valence-corrected chi connectivity index (χ0v) is 8.22. The number of nitrogen functional groups attached to an aromatic ring is 2. The molecule has 7 nitrogen and oxygen atoms in total.